The maximum Gasteiger partial charge on any atom is 0.337 e. The number of imidazole rings is 1. The summed E-state index contributed by atoms with van der Waals surface area (Å²) in [5.41, 5.74) is 5.45. The maximum atomic E-state index is 11.9. The zero-order chi connectivity index (χ0) is 14.0. The van der Waals surface area contributed by atoms with Crippen molar-refractivity contribution in [2.24, 2.45) is 0 Å². The number of hydrogen-bond donors (Lipinski definition) is 4. The number of carboxylic acid groups (broad SMARTS) is 1. The molecule has 0 unspecified atom stereocenters. The van der Waals surface area contributed by atoms with Crippen molar-refractivity contribution >= 4 is 27.4 Å². The highest BCUT2D eigenvalue weighted by Gasteiger charge is 2.19. The van der Waals surface area contributed by atoms with Crippen molar-refractivity contribution in [3.05, 3.63) is 36.3 Å². The first-order chi connectivity index (χ1) is 8.90. The molecule has 5 N–H and O–H groups in total. The van der Waals surface area contributed by atoms with E-state index in [0.29, 0.717) is 0 Å². The zero-order valence-corrected chi connectivity index (χ0v) is 10.3. The molecular weight excluding hydrogens is 272 g/mol. The Bertz CT molecular complexity index is 709. The first-order valence-corrected chi connectivity index (χ1v) is 6.52. The number of nitrogens with zero attached hydrogens (tertiary/aromatic N) is 1. The van der Waals surface area contributed by atoms with E-state index >= 15 is 0 Å². The highest BCUT2D eigenvalue weighted by atomic mass is 32.2. The Balaban J connectivity index is 2.44. The van der Waals surface area contributed by atoms with Crippen LogP contribution in [0.4, 0.5) is 11.4 Å². The van der Waals surface area contributed by atoms with Crippen molar-refractivity contribution in [1.29, 1.82) is 0 Å². The van der Waals surface area contributed by atoms with Gasteiger partial charge >= 0.3 is 5.97 Å². The minimum absolute atomic E-state index is 0.109. The van der Waals surface area contributed by atoms with Crippen molar-refractivity contribution in [3.63, 3.8) is 0 Å². The summed E-state index contributed by atoms with van der Waals surface area (Å²) in [5.74, 6) is -1.26. The van der Waals surface area contributed by atoms with Gasteiger partial charge in [-0.1, -0.05) is 0 Å². The van der Waals surface area contributed by atoms with Crippen LogP contribution in [-0.4, -0.2) is 29.5 Å². The average Bonchev–Trinajstić information content (AvgIpc) is 2.81. The number of nitrogens with two attached hydrogens (primary N) is 1. The summed E-state index contributed by atoms with van der Waals surface area (Å²) in [6, 6.07) is 3.83. The van der Waals surface area contributed by atoms with Gasteiger partial charge in [0.2, 0.25) is 0 Å². The fraction of sp³-hybridized carbons (Fsp3) is 0. The third-order valence-electron chi connectivity index (χ3n) is 2.28. The average molecular weight is 282 g/mol. The molecule has 1 aromatic heterocycles. The van der Waals surface area contributed by atoms with Gasteiger partial charge in [-0.15, -0.1) is 0 Å². The first-order valence-electron chi connectivity index (χ1n) is 5.04. The van der Waals surface area contributed by atoms with E-state index < -0.39 is 16.0 Å². The molecule has 1 heterocycles. The molecule has 0 saturated carbocycles. The third kappa shape index (κ3) is 2.65. The van der Waals surface area contributed by atoms with Crippen molar-refractivity contribution in [2.75, 3.05) is 10.5 Å². The lowest BCUT2D eigenvalue weighted by molar-refractivity contribution is 0.0698. The highest BCUT2D eigenvalue weighted by Crippen LogP contribution is 2.22. The predicted molar refractivity (Wildman–Crippen MR) is 67.2 cm³/mol. The molecule has 8 nitrogen and oxygen atoms in total. The number of hydrogen-bond acceptors (Lipinski definition) is 5. The molecule has 0 fully saturated rings. The summed E-state index contributed by atoms with van der Waals surface area (Å²) in [6.07, 6.45) is 2.31. The minimum atomic E-state index is -3.93. The first kappa shape index (κ1) is 12.9. The van der Waals surface area contributed by atoms with Crippen LogP contribution in [0.25, 0.3) is 0 Å². The van der Waals surface area contributed by atoms with Gasteiger partial charge in [0.25, 0.3) is 10.0 Å². The highest BCUT2D eigenvalue weighted by molar-refractivity contribution is 7.92. The molecule has 0 amide bonds. The van der Waals surface area contributed by atoms with Gasteiger partial charge in [0.05, 0.1) is 23.8 Å². The second-order valence-corrected chi connectivity index (χ2v) is 5.28. The zero-order valence-electron chi connectivity index (χ0n) is 9.49. The van der Waals surface area contributed by atoms with Crippen LogP contribution < -0.4 is 10.5 Å². The molecule has 0 aliphatic rings. The molecule has 2 aromatic rings. The van der Waals surface area contributed by atoms with E-state index in [2.05, 4.69) is 14.7 Å². The number of nitrogen functional groups attached to an aromatic ring is 1. The normalized spacial score (nSPS) is 11.2. The lowest BCUT2D eigenvalue weighted by atomic mass is 10.1. The van der Waals surface area contributed by atoms with Gasteiger partial charge in [0.15, 0.2) is 5.03 Å². The number of sulfonamides is 1. The van der Waals surface area contributed by atoms with Crippen molar-refractivity contribution < 1.29 is 18.3 Å². The van der Waals surface area contributed by atoms with Crippen LogP contribution in [0.15, 0.2) is 35.7 Å². The van der Waals surface area contributed by atoms with Gasteiger partial charge in [0, 0.05) is 5.69 Å². The molecule has 2 rings (SSSR count). The molecule has 0 saturated heterocycles. The molecule has 19 heavy (non-hydrogen) atoms. The fourth-order valence-corrected chi connectivity index (χ4v) is 2.40. The molecule has 0 aliphatic heterocycles. The number of nitrogens with one attached hydrogen (secondary N) is 2. The van der Waals surface area contributed by atoms with Crippen molar-refractivity contribution in [2.45, 2.75) is 5.03 Å². The standard InChI is InChI=1S/C10H10N4O4S/c11-6-1-2-7(10(15)16)8(3-6)14-19(17,18)9-4-12-5-13-9/h1-5,14H,11H2,(H,12,13)(H,15,16). The van der Waals surface area contributed by atoms with E-state index in [1.54, 1.807) is 0 Å². The molecule has 1 aromatic carbocycles. The summed E-state index contributed by atoms with van der Waals surface area (Å²) in [7, 11) is -3.93. The van der Waals surface area contributed by atoms with Crippen molar-refractivity contribution in [3.8, 4) is 0 Å². The number of carboxylic acids is 1. The summed E-state index contributed by atoms with van der Waals surface area (Å²) in [4.78, 5) is 17.0. The number of benzene rings is 1. The van der Waals surface area contributed by atoms with Gasteiger partial charge in [-0.2, -0.15) is 8.42 Å². The number of aromatic carboxylic acids is 1. The molecule has 0 aliphatic carbocycles. The number of rotatable bonds is 4. The monoisotopic (exact) mass is 282 g/mol. The van der Waals surface area contributed by atoms with Gasteiger partial charge in [-0.25, -0.2) is 9.78 Å². The topological polar surface area (TPSA) is 138 Å². The third-order valence-corrected chi connectivity index (χ3v) is 3.57. The summed E-state index contributed by atoms with van der Waals surface area (Å²) < 4.78 is 26.0. The molecule has 0 atom stereocenters. The van der Waals surface area contributed by atoms with Crippen LogP contribution in [0.1, 0.15) is 10.4 Å². The Kier molecular flexibility index (Phi) is 3.13. The Hall–Kier alpha value is -2.55. The summed E-state index contributed by atoms with van der Waals surface area (Å²) in [6.45, 7) is 0. The van der Waals surface area contributed by atoms with Crippen LogP contribution >= 0.6 is 0 Å². The van der Waals surface area contributed by atoms with E-state index in [9.17, 15) is 13.2 Å². The van der Waals surface area contributed by atoms with E-state index in [1.807, 2.05) is 0 Å². The quantitative estimate of drug-likeness (QED) is 0.602. The van der Waals surface area contributed by atoms with Gasteiger partial charge < -0.3 is 15.8 Å². The number of aromatic amines is 1. The van der Waals surface area contributed by atoms with Crippen LogP contribution in [0.2, 0.25) is 0 Å². The van der Waals surface area contributed by atoms with E-state index in [4.69, 9.17) is 10.8 Å². The Morgan fingerprint density at radius 2 is 2.16 bits per heavy atom. The van der Waals surface area contributed by atoms with E-state index in [1.165, 1.54) is 24.5 Å². The molecule has 9 heteroatoms. The Morgan fingerprint density at radius 1 is 1.42 bits per heavy atom. The largest absolute Gasteiger partial charge is 0.478 e. The Labute approximate surface area is 108 Å². The van der Waals surface area contributed by atoms with Gasteiger partial charge in [-0.05, 0) is 18.2 Å². The summed E-state index contributed by atoms with van der Waals surface area (Å²) >= 11 is 0. The predicted octanol–water partition coefficient (Wildman–Crippen LogP) is 0.491. The summed E-state index contributed by atoms with van der Waals surface area (Å²) in [5, 5.41) is 8.81. The molecule has 0 spiro atoms. The molecule has 100 valence electrons. The van der Waals surface area contributed by atoms with Crippen LogP contribution in [0.5, 0.6) is 0 Å². The van der Waals surface area contributed by atoms with Crippen LogP contribution in [0.3, 0.4) is 0 Å². The molecule has 0 bridgehead atoms. The molecule has 0 radical (unpaired) electrons. The second-order valence-electron chi connectivity index (χ2n) is 3.63. The van der Waals surface area contributed by atoms with Crippen molar-refractivity contribution in [1.82, 2.24) is 9.97 Å². The SMILES string of the molecule is Nc1ccc(C(=O)O)c(NS(=O)(=O)c2cnc[nH]2)c1. The maximum absolute atomic E-state index is 11.9. The van der Waals surface area contributed by atoms with Crippen LogP contribution in [0, 0.1) is 0 Å². The van der Waals surface area contributed by atoms with E-state index in [-0.39, 0.29) is 22.0 Å². The second kappa shape index (κ2) is 4.61. The number of anilines is 2. The minimum Gasteiger partial charge on any atom is -0.478 e. The fourth-order valence-electron chi connectivity index (χ4n) is 1.42. The smallest absolute Gasteiger partial charge is 0.337 e. The number of H-pyrrole nitrogens is 1. The van der Waals surface area contributed by atoms with Gasteiger partial charge in [0.1, 0.15) is 0 Å². The molecular formula is C10H10N4O4S. The lowest BCUT2D eigenvalue weighted by Crippen LogP contribution is -2.16. The number of aromatic nitrogens is 2. The van der Waals surface area contributed by atoms with E-state index in [0.717, 1.165) is 6.20 Å². The number of carbonyl (C=O) groups is 1. The van der Waals surface area contributed by atoms with Crippen LogP contribution in [-0.2, 0) is 10.0 Å². The lowest BCUT2D eigenvalue weighted by Gasteiger charge is -2.09. The van der Waals surface area contributed by atoms with Gasteiger partial charge in [-0.3, -0.25) is 4.72 Å². The Morgan fingerprint density at radius 3 is 2.74 bits per heavy atom.